The summed E-state index contributed by atoms with van der Waals surface area (Å²) in [7, 11) is 0. The molecule has 0 saturated carbocycles. The molecule has 11 atom stereocenters. The van der Waals surface area contributed by atoms with Gasteiger partial charge in [-0.15, -0.1) is 0 Å². The Morgan fingerprint density at radius 2 is 1.12 bits per heavy atom. The van der Waals surface area contributed by atoms with Gasteiger partial charge >= 0.3 is 5.97 Å². The third-order valence-corrected chi connectivity index (χ3v) is 13.2. The van der Waals surface area contributed by atoms with E-state index in [1.54, 1.807) is 30.3 Å². The second-order valence-electron chi connectivity index (χ2n) is 19.0. The van der Waals surface area contributed by atoms with Crippen LogP contribution in [0.25, 0.3) is 0 Å². The van der Waals surface area contributed by atoms with Gasteiger partial charge in [-0.05, 0) is 77.2 Å². The van der Waals surface area contributed by atoms with Crippen LogP contribution in [0.2, 0.25) is 0 Å². The number of aliphatic carboxylic acids is 1. The first kappa shape index (κ1) is 60.1. The van der Waals surface area contributed by atoms with Crippen LogP contribution in [0.3, 0.4) is 0 Å². The average molecular weight is 1060 g/mol. The number of nitrogens with two attached hydrogens (primary N) is 5. The van der Waals surface area contributed by atoms with Gasteiger partial charge in [-0.25, -0.2) is 4.79 Å². The Morgan fingerprint density at radius 3 is 1.64 bits per heavy atom. The summed E-state index contributed by atoms with van der Waals surface area (Å²) in [5.41, 5.74) is 28.1. The molecule has 28 heteroatoms. The third-order valence-electron chi connectivity index (χ3n) is 13.2. The van der Waals surface area contributed by atoms with E-state index < -0.39 is 144 Å². The standard InChI is InChI=1S/C47H72N14O14/c1-24(62)36(50)42(70)54-27(12-6-18-53-47(51)52)38(66)55-28(16-17-34(48)64)43(71)59-19-7-13-31(59)40(68)56-29(23-35(49)65)39(67)57-30(22-26-10-4-3-5-11-26)44(72)60-20-8-14-32(60)41(69)58-37(25(2)63)45(73)61-21-9-15-33(61)46(74)75/h3-5,10-11,24-25,27-33,36-37,62-63H,6-9,12-23,50H2,1-2H3,(H2,48,64)(H2,49,65)(H,54,70)(H,55,66)(H,56,68)(H,57,67)(H,58,69)(H,74,75)(H4,51,52,53)/t24-,25-,27+,28+,29+,30+,31+,32+,33+,36+,37+/m1/s1. The van der Waals surface area contributed by atoms with E-state index >= 15 is 0 Å². The Bertz CT molecular complexity index is 2280. The number of aliphatic hydroxyl groups excluding tert-OH is 2. The molecule has 4 rings (SSSR count). The van der Waals surface area contributed by atoms with Crippen LogP contribution in [-0.4, -0.2) is 194 Å². The lowest BCUT2D eigenvalue weighted by Crippen LogP contribution is -2.61. The fourth-order valence-electron chi connectivity index (χ4n) is 9.19. The van der Waals surface area contributed by atoms with Crippen LogP contribution in [0, 0.1) is 0 Å². The van der Waals surface area contributed by atoms with E-state index in [4.69, 9.17) is 28.7 Å². The molecule has 0 aromatic heterocycles. The highest BCUT2D eigenvalue weighted by Gasteiger charge is 2.44. The number of carboxylic acids is 1. The molecule has 18 N–H and O–H groups in total. The zero-order chi connectivity index (χ0) is 55.7. The molecule has 0 spiro atoms. The fourth-order valence-corrected chi connectivity index (χ4v) is 9.19. The quantitative estimate of drug-likeness (QED) is 0.0222. The number of hydrogen-bond donors (Lipinski definition) is 13. The molecule has 0 aliphatic carbocycles. The van der Waals surface area contributed by atoms with Gasteiger partial charge in [-0.2, -0.15) is 0 Å². The Morgan fingerprint density at radius 1 is 0.613 bits per heavy atom. The molecule has 3 aliphatic heterocycles. The smallest absolute Gasteiger partial charge is 0.326 e. The van der Waals surface area contributed by atoms with Gasteiger partial charge in [-0.3, -0.25) is 52.9 Å². The summed E-state index contributed by atoms with van der Waals surface area (Å²) in [5, 5.41) is 42.7. The molecule has 3 fully saturated rings. The number of aliphatic imine (C=N–C) groups is 1. The minimum absolute atomic E-state index is 0.0261. The van der Waals surface area contributed by atoms with E-state index in [0.29, 0.717) is 18.4 Å². The second-order valence-corrected chi connectivity index (χ2v) is 19.0. The van der Waals surface area contributed by atoms with E-state index in [9.17, 15) is 68.1 Å². The number of nitrogens with zero attached hydrogens (tertiary/aromatic N) is 4. The average Bonchev–Trinajstić information content (AvgIpc) is 4.16. The predicted octanol–water partition coefficient (Wildman–Crippen LogP) is -6.01. The van der Waals surface area contributed by atoms with Crippen LogP contribution in [0.15, 0.2) is 35.3 Å². The monoisotopic (exact) mass is 1060 g/mol. The van der Waals surface area contributed by atoms with Crippen molar-refractivity contribution in [1.82, 2.24) is 41.3 Å². The molecule has 0 radical (unpaired) electrons. The van der Waals surface area contributed by atoms with Crippen molar-refractivity contribution in [1.29, 1.82) is 0 Å². The lowest BCUT2D eigenvalue weighted by Gasteiger charge is -2.33. The van der Waals surface area contributed by atoms with Gasteiger partial charge in [0, 0.05) is 39.0 Å². The van der Waals surface area contributed by atoms with Crippen molar-refractivity contribution in [2.24, 2.45) is 33.7 Å². The van der Waals surface area contributed by atoms with Crippen molar-refractivity contribution in [3.63, 3.8) is 0 Å². The summed E-state index contributed by atoms with van der Waals surface area (Å²) in [6, 6.07) is -4.22. The highest BCUT2D eigenvalue weighted by Crippen LogP contribution is 2.24. The molecule has 414 valence electrons. The topological polar surface area (TPSA) is 461 Å². The van der Waals surface area contributed by atoms with E-state index in [-0.39, 0.29) is 83.5 Å². The number of aliphatic hydroxyl groups is 2. The van der Waals surface area contributed by atoms with E-state index in [1.165, 1.54) is 18.7 Å². The maximum atomic E-state index is 14.6. The number of primary amides is 2. The number of rotatable bonds is 27. The van der Waals surface area contributed by atoms with Gasteiger partial charge in [0.1, 0.15) is 54.4 Å². The minimum Gasteiger partial charge on any atom is -0.480 e. The first-order valence-corrected chi connectivity index (χ1v) is 24.8. The molecular formula is C47H72N14O14. The Balaban J connectivity index is 1.55. The zero-order valence-corrected chi connectivity index (χ0v) is 42.1. The molecule has 75 heavy (non-hydrogen) atoms. The lowest BCUT2D eigenvalue weighted by atomic mass is 10.0. The van der Waals surface area contributed by atoms with E-state index in [1.807, 2.05) is 0 Å². The van der Waals surface area contributed by atoms with Crippen molar-refractivity contribution in [2.75, 3.05) is 26.2 Å². The summed E-state index contributed by atoms with van der Waals surface area (Å²) in [5.74, 6) is -10.3. The van der Waals surface area contributed by atoms with Crippen LogP contribution < -0.4 is 55.3 Å². The van der Waals surface area contributed by atoms with Crippen LogP contribution in [0.1, 0.15) is 90.0 Å². The molecule has 3 heterocycles. The number of likely N-dealkylation sites (tertiary alicyclic amines) is 3. The Hall–Kier alpha value is -7.46. The fraction of sp³-hybridized carbons (Fsp3) is 0.617. The highest BCUT2D eigenvalue weighted by molar-refractivity contribution is 6.00. The zero-order valence-electron chi connectivity index (χ0n) is 42.1. The summed E-state index contributed by atoms with van der Waals surface area (Å²) in [4.78, 5) is 155. The van der Waals surface area contributed by atoms with Gasteiger partial charge in [0.25, 0.3) is 0 Å². The number of carbonyl (C=O) groups excluding carboxylic acids is 10. The summed E-state index contributed by atoms with van der Waals surface area (Å²) in [6.45, 7) is 2.64. The summed E-state index contributed by atoms with van der Waals surface area (Å²) >= 11 is 0. The highest BCUT2D eigenvalue weighted by atomic mass is 16.4. The second kappa shape index (κ2) is 28.3. The first-order chi connectivity index (χ1) is 35.4. The van der Waals surface area contributed by atoms with Crippen molar-refractivity contribution >= 4 is 71.0 Å². The number of benzene rings is 1. The molecule has 28 nitrogen and oxygen atoms in total. The van der Waals surface area contributed by atoms with Crippen molar-refractivity contribution in [2.45, 2.75) is 157 Å². The minimum atomic E-state index is -1.73. The van der Waals surface area contributed by atoms with Crippen molar-refractivity contribution in [3.8, 4) is 0 Å². The number of carboxylic acid groups (broad SMARTS) is 1. The number of guanidine groups is 1. The molecule has 0 unspecified atom stereocenters. The van der Waals surface area contributed by atoms with Gasteiger partial charge in [-0.1, -0.05) is 30.3 Å². The van der Waals surface area contributed by atoms with Crippen LogP contribution in [0.4, 0.5) is 0 Å². The van der Waals surface area contributed by atoms with Gasteiger partial charge < -0.3 is 85.3 Å². The van der Waals surface area contributed by atoms with E-state index in [2.05, 4.69) is 31.6 Å². The number of amides is 10. The maximum absolute atomic E-state index is 14.6. The SMILES string of the molecule is C[C@@H](O)[C@H](N)C(=O)N[C@@H](CCCN=C(N)N)C(=O)N[C@@H](CCC(N)=O)C(=O)N1CCC[C@H]1C(=O)N[C@@H](CC(N)=O)C(=O)N[C@@H](Cc1ccccc1)C(=O)N1CCC[C@H]1C(=O)N[C@H](C(=O)N1CCC[C@H]1C(=O)O)[C@@H](C)O. The van der Waals surface area contributed by atoms with Gasteiger partial charge in [0.05, 0.1) is 18.6 Å². The largest absolute Gasteiger partial charge is 0.480 e. The van der Waals surface area contributed by atoms with E-state index in [0.717, 1.165) is 9.80 Å². The number of hydrogen-bond acceptors (Lipinski definition) is 15. The van der Waals surface area contributed by atoms with Crippen molar-refractivity contribution < 1.29 is 68.1 Å². The van der Waals surface area contributed by atoms with Crippen LogP contribution in [-0.2, 0) is 59.2 Å². The normalized spacial score (nSPS) is 20.4. The molecule has 10 amide bonds. The summed E-state index contributed by atoms with van der Waals surface area (Å²) < 4.78 is 0. The number of carbonyl (C=O) groups is 11. The van der Waals surface area contributed by atoms with Gasteiger partial charge in [0.15, 0.2) is 5.96 Å². The predicted molar refractivity (Wildman–Crippen MR) is 265 cm³/mol. The molecule has 1 aromatic rings. The van der Waals surface area contributed by atoms with Crippen molar-refractivity contribution in [3.05, 3.63) is 35.9 Å². The summed E-state index contributed by atoms with van der Waals surface area (Å²) in [6.07, 6.45) is -3.06. The number of nitrogens with one attached hydrogen (secondary N) is 5. The Kier molecular flexibility index (Phi) is 22.7. The van der Waals surface area contributed by atoms with Gasteiger partial charge in [0.2, 0.25) is 59.1 Å². The molecule has 3 aliphatic rings. The Labute approximate surface area is 432 Å². The molecule has 0 bridgehead atoms. The first-order valence-electron chi connectivity index (χ1n) is 24.8. The van der Waals surface area contributed by atoms with Crippen LogP contribution in [0.5, 0.6) is 0 Å². The maximum Gasteiger partial charge on any atom is 0.326 e. The third kappa shape index (κ3) is 17.3. The lowest BCUT2D eigenvalue weighted by molar-refractivity contribution is -0.151. The molecule has 3 saturated heterocycles. The van der Waals surface area contributed by atoms with Crippen LogP contribution >= 0.6 is 0 Å². The molecule has 1 aromatic carbocycles. The molecular weight excluding hydrogens is 985 g/mol.